The van der Waals surface area contributed by atoms with Gasteiger partial charge in [0.05, 0.1) is 5.69 Å². The summed E-state index contributed by atoms with van der Waals surface area (Å²) in [7, 11) is 0. The fourth-order valence-electron chi connectivity index (χ4n) is 2.31. The van der Waals surface area contributed by atoms with Gasteiger partial charge >= 0.3 is 0 Å². The molecular formula is C16H15FN4. The van der Waals surface area contributed by atoms with Crippen molar-refractivity contribution >= 4 is 0 Å². The normalized spacial score (nSPS) is 10.8. The Morgan fingerprint density at radius 2 is 1.95 bits per heavy atom. The topological polar surface area (TPSA) is 56.7 Å². The number of hydrogen-bond acceptors (Lipinski definition) is 3. The van der Waals surface area contributed by atoms with Gasteiger partial charge in [-0.1, -0.05) is 29.5 Å². The predicted molar refractivity (Wildman–Crippen MR) is 79.4 cm³/mol. The molecule has 0 saturated carbocycles. The first-order chi connectivity index (χ1) is 10.2. The first-order valence-corrected chi connectivity index (χ1v) is 6.67. The smallest absolute Gasteiger partial charge is 0.132 e. The Morgan fingerprint density at radius 1 is 1.14 bits per heavy atom. The second kappa shape index (κ2) is 5.46. The molecule has 1 aromatic heterocycles. The molecule has 0 amide bonds. The summed E-state index contributed by atoms with van der Waals surface area (Å²) >= 11 is 0. The number of aromatic nitrogens is 3. The molecule has 0 aliphatic heterocycles. The molecule has 0 aliphatic rings. The standard InChI is InChI=1S/C16H15FN4/c1-11-5-4-6-12(9-11)21-16(15(10-18)19-20-21)13-7-2-3-8-14(13)17/h2-9H,10,18H2,1H3. The van der Waals surface area contributed by atoms with Gasteiger partial charge in [0.25, 0.3) is 0 Å². The van der Waals surface area contributed by atoms with Crippen molar-refractivity contribution in [3.63, 3.8) is 0 Å². The minimum absolute atomic E-state index is 0.204. The lowest BCUT2D eigenvalue weighted by Gasteiger charge is -2.09. The Hall–Kier alpha value is -2.53. The molecule has 0 atom stereocenters. The summed E-state index contributed by atoms with van der Waals surface area (Å²) < 4.78 is 15.8. The molecule has 4 nitrogen and oxygen atoms in total. The Kier molecular flexibility index (Phi) is 3.50. The van der Waals surface area contributed by atoms with Crippen LogP contribution in [0.5, 0.6) is 0 Å². The number of halogens is 1. The summed E-state index contributed by atoms with van der Waals surface area (Å²) in [6, 6.07) is 14.4. The summed E-state index contributed by atoms with van der Waals surface area (Å²) in [5, 5.41) is 8.22. The zero-order chi connectivity index (χ0) is 14.8. The lowest BCUT2D eigenvalue weighted by Crippen LogP contribution is -2.04. The van der Waals surface area contributed by atoms with Crippen LogP contribution in [0.25, 0.3) is 16.9 Å². The summed E-state index contributed by atoms with van der Waals surface area (Å²) in [4.78, 5) is 0. The lowest BCUT2D eigenvalue weighted by molar-refractivity contribution is 0.629. The predicted octanol–water partition coefficient (Wildman–Crippen LogP) is 2.84. The van der Waals surface area contributed by atoms with Gasteiger partial charge in [0.1, 0.15) is 17.2 Å². The summed E-state index contributed by atoms with van der Waals surface area (Å²) in [5.41, 5.74) is 9.27. The van der Waals surface area contributed by atoms with Crippen molar-refractivity contribution in [3.05, 3.63) is 65.6 Å². The highest BCUT2D eigenvalue weighted by molar-refractivity contribution is 5.65. The second-order valence-electron chi connectivity index (χ2n) is 4.82. The van der Waals surface area contributed by atoms with Gasteiger partial charge in [0.15, 0.2) is 0 Å². The first kappa shape index (κ1) is 13.5. The van der Waals surface area contributed by atoms with Crippen molar-refractivity contribution in [1.82, 2.24) is 15.0 Å². The summed E-state index contributed by atoms with van der Waals surface area (Å²) in [6.07, 6.45) is 0. The van der Waals surface area contributed by atoms with Crippen LogP contribution in [0.3, 0.4) is 0 Å². The largest absolute Gasteiger partial charge is 0.325 e. The third kappa shape index (κ3) is 2.43. The van der Waals surface area contributed by atoms with Gasteiger partial charge in [0, 0.05) is 12.1 Å². The van der Waals surface area contributed by atoms with E-state index in [-0.39, 0.29) is 12.4 Å². The van der Waals surface area contributed by atoms with E-state index in [2.05, 4.69) is 10.3 Å². The van der Waals surface area contributed by atoms with E-state index < -0.39 is 0 Å². The minimum atomic E-state index is -0.316. The zero-order valence-electron chi connectivity index (χ0n) is 11.6. The van der Waals surface area contributed by atoms with Gasteiger partial charge < -0.3 is 5.73 Å². The van der Waals surface area contributed by atoms with Crippen LogP contribution in [0.2, 0.25) is 0 Å². The maximum Gasteiger partial charge on any atom is 0.132 e. The Bertz CT molecular complexity index is 779. The molecular weight excluding hydrogens is 267 g/mol. The average molecular weight is 282 g/mol. The Balaban J connectivity index is 2.24. The van der Waals surface area contributed by atoms with E-state index in [4.69, 9.17) is 5.73 Å². The monoisotopic (exact) mass is 282 g/mol. The molecule has 3 aromatic rings. The van der Waals surface area contributed by atoms with Crippen molar-refractivity contribution < 1.29 is 4.39 Å². The lowest BCUT2D eigenvalue weighted by atomic mass is 10.1. The van der Waals surface area contributed by atoms with Crippen molar-refractivity contribution in [2.24, 2.45) is 5.73 Å². The SMILES string of the molecule is Cc1cccc(-n2nnc(CN)c2-c2ccccc2F)c1. The van der Waals surface area contributed by atoms with E-state index in [0.29, 0.717) is 17.0 Å². The Labute approximate surface area is 122 Å². The van der Waals surface area contributed by atoms with E-state index in [1.54, 1.807) is 22.9 Å². The number of hydrogen-bond donors (Lipinski definition) is 1. The van der Waals surface area contributed by atoms with Gasteiger partial charge in [-0.2, -0.15) is 0 Å². The van der Waals surface area contributed by atoms with Crippen LogP contribution >= 0.6 is 0 Å². The molecule has 0 bridgehead atoms. The fourth-order valence-corrected chi connectivity index (χ4v) is 2.31. The zero-order valence-corrected chi connectivity index (χ0v) is 11.6. The minimum Gasteiger partial charge on any atom is -0.325 e. The number of rotatable bonds is 3. The summed E-state index contributed by atoms with van der Waals surface area (Å²) in [6.45, 7) is 2.20. The van der Waals surface area contributed by atoms with E-state index in [1.807, 2.05) is 31.2 Å². The molecule has 21 heavy (non-hydrogen) atoms. The first-order valence-electron chi connectivity index (χ1n) is 6.67. The van der Waals surface area contributed by atoms with E-state index in [9.17, 15) is 4.39 Å². The molecule has 106 valence electrons. The van der Waals surface area contributed by atoms with Crippen molar-refractivity contribution in [1.29, 1.82) is 0 Å². The van der Waals surface area contributed by atoms with E-state index in [1.165, 1.54) is 6.07 Å². The van der Waals surface area contributed by atoms with Crippen LogP contribution in [0, 0.1) is 12.7 Å². The fraction of sp³-hybridized carbons (Fsp3) is 0.125. The van der Waals surface area contributed by atoms with Gasteiger partial charge in [-0.25, -0.2) is 9.07 Å². The van der Waals surface area contributed by atoms with Gasteiger partial charge in [-0.05, 0) is 36.8 Å². The van der Waals surface area contributed by atoms with Crippen LogP contribution in [-0.2, 0) is 6.54 Å². The van der Waals surface area contributed by atoms with Crippen molar-refractivity contribution in [2.75, 3.05) is 0 Å². The highest BCUT2D eigenvalue weighted by atomic mass is 19.1. The number of benzene rings is 2. The molecule has 0 aliphatic carbocycles. The molecule has 2 N–H and O–H groups in total. The van der Waals surface area contributed by atoms with Gasteiger partial charge in [0.2, 0.25) is 0 Å². The average Bonchev–Trinajstić information content (AvgIpc) is 2.91. The molecule has 0 unspecified atom stereocenters. The summed E-state index contributed by atoms with van der Waals surface area (Å²) in [5.74, 6) is -0.316. The highest BCUT2D eigenvalue weighted by Gasteiger charge is 2.18. The quantitative estimate of drug-likeness (QED) is 0.803. The molecule has 3 rings (SSSR count). The molecule has 0 saturated heterocycles. The Morgan fingerprint density at radius 3 is 2.67 bits per heavy atom. The molecule has 2 aromatic carbocycles. The van der Waals surface area contributed by atoms with Crippen LogP contribution in [-0.4, -0.2) is 15.0 Å². The number of nitrogens with two attached hydrogens (primary N) is 1. The van der Waals surface area contributed by atoms with Gasteiger partial charge in [-0.15, -0.1) is 5.10 Å². The van der Waals surface area contributed by atoms with Crippen LogP contribution in [0.1, 0.15) is 11.3 Å². The van der Waals surface area contributed by atoms with Crippen LogP contribution in [0.4, 0.5) is 4.39 Å². The highest BCUT2D eigenvalue weighted by Crippen LogP contribution is 2.27. The van der Waals surface area contributed by atoms with Crippen molar-refractivity contribution in [3.8, 4) is 16.9 Å². The molecule has 5 heteroatoms. The maximum absolute atomic E-state index is 14.1. The third-order valence-corrected chi connectivity index (χ3v) is 3.31. The van der Waals surface area contributed by atoms with E-state index in [0.717, 1.165) is 11.3 Å². The molecule has 0 radical (unpaired) electrons. The number of nitrogens with zero attached hydrogens (tertiary/aromatic N) is 3. The van der Waals surface area contributed by atoms with Gasteiger partial charge in [-0.3, -0.25) is 0 Å². The van der Waals surface area contributed by atoms with E-state index >= 15 is 0 Å². The number of aryl methyl sites for hydroxylation is 1. The third-order valence-electron chi connectivity index (χ3n) is 3.31. The second-order valence-corrected chi connectivity index (χ2v) is 4.82. The van der Waals surface area contributed by atoms with Crippen LogP contribution < -0.4 is 5.73 Å². The maximum atomic E-state index is 14.1. The molecule has 1 heterocycles. The van der Waals surface area contributed by atoms with Crippen molar-refractivity contribution in [2.45, 2.75) is 13.5 Å². The molecule has 0 fully saturated rings. The van der Waals surface area contributed by atoms with Crippen LogP contribution in [0.15, 0.2) is 48.5 Å². The molecule has 0 spiro atoms.